The van der Waals surface area contributed by atoms with E-state index in [0.717, 1.165) is 25.7 Å². The van der Waals surface area contributed by atoms with Crippen molar-refractivity contribution < 1.29 is 9.90 Å². The van der Waals surface area contributed by atoms with Crippen LogP contribution in [0.25, 0.3) is 0 Å². The Bertz CT molecular complexity index is 328. The van der Waals surface area contributed by atoms with Crippen LogP contribution in [0.3, 0.4) is 0 Å². The van der Waals surface area contributed by atoms with Crippen LogP contribution in [0.15, 0.2) is 18.7 Å². The Morgan fingerprint density at radius 1 is 1.53 bits per heavy atom. The smallest absolute Gasteiger partial charge is 0.327 e. The molecule has 5 heteroatoms. The van der Waals surface area contributed by atoms with Crippen LogP contribution in [0.1, 0.15) is 25.7 Å². The van der Waals surface area contributed by atoms with E-state index in [9.17, 15) is 9.90 Å². The largest absolute Gasteiger partial charge is 0.394 e. The van der Waals surface area contributed by atoms with E-state index in [1.807, 2.05) is 0 Å². The van der Waals surface area contributed by atoms with Crippen LogP contribution >= 0.6 is 0 Å². The normalized spacial score (nSPS) is 19.0. The van der Waals surface area contributed by atoms with Gasteiger partial charge >= 0.3 is 6.03 Å². The molecule has 1 saturated carbocycles. The summed E-state index contributed by atoms with van der Waals surface area (Å²) in [6, 6.07) is -0.219. The molecule has 1 aromatic heterocycles. The van der Waals surface area contributed by atoms with Gasteiger partial charge in [0.1, 0.15) is 6.33 Å². The van der Waals surface area contributed by atoms with Crippen LogP contribution in [0.4, 0.5) is 4.79 Å². The first-order valence-electron chi connectivity index (χ1n) is 5.17. The van der Waals surface area contributed by atoms with Gasteiger partial charge in [-0.25, -0.2) is 9.78 Å². The summed E-state index contributed by atoms with van der Waals surface area (Å²) >= 11 is 0. The molecule has 1 aliphatic carbocycles. The van der Waals surface area contributed by atoms with Crippen molar-refractivity contribution in [2.45, 2.75) is 31.2 Å². The van der Waals surface area contributed by atoms with Gasteiger partial charge in [0, 0.05) is 12.4 Å². The summed E-state index contributed by atoms with van der Waals surface area (Å²) in [5, 5.41) is 12.2. The summed E-state index contributed by atoms with van der Waals surface area (Å²) in [6.45, 7) is 0.00738. The zero-order chi connectivity index (χ0) is 10.7. The molecule has 1 aromatic rings. The molecule has 0 radical (unpaired) electrons. The van der Waals surface area contributed by atoms with Crippen molar-refractivity contribution in [1.82, 2.24) is 14.9 Å². The van der Waals surface area contributed by atoms with Crippen molar-refractivity contribution in [2.24, 2.45) is 0 Å². The third-order valence-electron chi connectivity index (χ3n) is 2.97. The maximum atomic E-state index is 11.7. The molecule has 5 nitrogen and oxygen atoms in total. The lowest BCUT2D eigenvalue weighted by molar-refractivity contribution is 0.163. The van der Waals surface area contributed by atoms with E-state index in [1.165, 1.54) is 10.9 Å². The highest BCUT2D eigenvalue weighted by molar-refractivity contribution is 5.77. The molecule has 0 atom stereocenters. The Morgan fingerprint density at radius 2 is 2.27 bits per heavy atom. The lowest BCUT2D eigenvalue weighted by Crippen LogP contribution is -2.50. The third-order valence-corrected chi connectivity index (χ3v) is 2.97. The van der Waals surface area contributed by atoms with Gasteiger partial charge in [0.15, 0.2) is 0 Å². The Balaban J connectivity index is 2.04. The van der Waals surface area contributed by atoms with Crippen molar-refractivity contribution >= 4 is 6.03 Å². The summed E-state index contributed by atoms with van der Waals surface area (Å²) in [5.74, 6) is 0. The molecule has 0 aliphatic heterocycles. The Labute approximate surface area is 88.1 Å². The Hall–Kier alpha value is -1.36. The van der Waals surface area contributed by atoms with E-state index in [-0.39, 0.29) is 12.6 Å². The maximum Gasteiger partial charge on any atom is 0.327 e. The van der Waals surface area contributed by atoms with E-state index in [0.29, 0.717) is 0 Å². The molecule has 1 heterocycles. The fourth-order valence-electron chi connectivity index (χ4n) is 2.05. The number of hydrogen-bond acceptors (Lipinski definition) is 3. The minimum absolute atomic E-state index is 0.00738. The van der Waals surface area contributed by atoms with Crippen LogP contribution in [0.2, 0.25) is 0 Å². The summed E-state index contributed by atoms with van der Waals surface area (Å²) in [5.41, 5.74) is -0.415. The van der Waals surface area contributed by atoms with Crippen LogP contribution in [-0.4, -0.2) is 32.8 Å². The molecule has 2 N–H and O–H groups in total. The van der Waals surface area contributed by atoms with E-state index < -0.39 is 5.54 Å². The molecule has 1 fully saturated rings. The van der Waals surface area contributed by atoms with Gasteiger partial charge in [0.05, 0.1) is 12.1 Å². The van der Waals surface area contributed by atoms with Crippen molar-refractivity contribution in [3.63, 3.8) is 0 Å². The molecule has 0 bridgehead atoms. The van der Waals surface area contributed by atoms with Crippen molar-refractivity contribution in [1.29, 1.82) is 0 Å². The zero-order valence-electron chi connectivity index (χ0n) is 8.52. The fraction of sp³-hybridized carbons (Fsp3) is 0.600. The van der Waals surface area contributed by atoms with Gasteiger partial charge in [-0.3, -0.25) is 4.57 Å². The monoisotopic (exact) mass is 209 g/mol. The molecule has 82 valence electrons. The van der Waals surface area contributed by atoms with Gasteiger partial charge in [-0.15, -0.1) is 0 Å². The third kappa shape index (κ3) is 2.02. The molecule has 15 heavy (non-hydrogen) atoms. The minimum Gasteiger partial charge on any atom is -0.394 e. The number of aliphatic hydroxyl groups excluding tert-OH is 1. The number of nitrogens with one attached hydrogen (secondary N) is 1. The lowest BCUT2D eigenvalue weighted by Gasteiger charge is -2.27. The number of nitrogens with zero attached hydrogens (tertiary/aromatic N) is 2. The van der Waals surface area contributed by atoms with Crippen LogP contribution in [0.5, 0.6) is 0 Å². The maximum absolute atomic E-state index is 11.7. The molecule has 1 aliphatic rings. The zero-order valence-corrected chi connectivity index (χ0v) is 8.52. The minimum atomic E-state index is -0.415. The standard InChI is InChI=1S/C10H15N3O2/c14-7-10(3-1-2-4-10)12-9(15)13-6-5-11-8-13/h5-6,8,14H,1-4,7H2,(H,12,15). The molecule has 2 rings (SSSR count). The topological polar surface area (TPSA) is 67.2 Å². The number of carbonyl (C=O) groups is 1. The number of hydrogen-bond donors (Lipinski definition) is 2. The molecule has 0 spiro atoms. The second kappa shape index (κ2) is 4.02. The predicted octanol–water partition coefficient (Wildman–Crippen LogP) is 0.746. The summed E-state index contributed by atoms with van der Waals surface area (Å²) in [4.78, 5) is 15.5. The quantitative estimate of drug-likeness (QED) is 0.755. The molecular formula is C10H15N3O2. The van der Waals surface area contributed by atoms with E-state index >= 15 is 0 Å². The van der Waals surface area contributed by atoms with Gasteiger partial charge < -0.3 is 10.4 Å². The van der Waals surface area contributed by atoms with E-state index in [4.69, 9.17) is 0 Å². The highest BCUT2D eigenvalue weighted by Crippen LogP contribution is 2.29. The number of carbonyl (C=O) groups excluding carboxylic acids is 1. The van der Waals surface area contributed by atoms with Crippen LogP contribution < -0.4 is 5.32 Å². The summed E-state index contributed by atoms with van der Waals surface area (Å²) in [7, 11) is 0. The lowest BCUT2D eigenvalue weighted by atomic mass is 9.99. The van der Waals surface area contributed by atoms with Gasteiger partial charge in [-0.1, -0.05) is 12.8 Å². The predicted molar refractivity (Wildman–Crippen MR) is 54.4 cm³/mol. The number of aromatic nitrogens is 2. The molecule has 0 aromatic carbocycles. The van der Waals surface area contributed by atoms with Gasteiger partial charge in [-0.2, -0.15) is 0 Å². The Morgan fingerprint density at radius 3 is 2.80 bits per heavy atom. The molecule has 0 saturated heterocycles. The van der Waals surface area contributed by atoms with Crippen LogP contribution in [-0.2, 0) is 0 Å². The average molecular weight is 209 g/mol. The number of rotatable bonds is 2. The van der Waals surface area contributed by atoms with Crippen molar-refractivity contribution in [3.8, 4) is 0 Å². The highest BCUT2D eigenvalue weighted by atomic mass is 16.3. The second-order valence-electron chi connectivity index (χ2n) is 4.05. The molecule has 0 unspecified atom stereocenters. The van der Waals surface area contributed by atoms with Crippen molar-refractivity contribution in [2.75, 3.05) is 6.61 Å². The highest BCUT2D eigenvalue weighted by Gasteiger charge is 2.34. The fourth-order valence-corrected chi connectivity index (χ4v) is 2.05. The van der Waals surface area contributed by atoms with E-state index in [1.54, 1.807) is 12.4 Å². The first-order chi connectivity index (χ1) is 7.26. The van der Waals surface area contributed by atoms with Gasteiger partial charge in [-0.05, 0) is 12.8 Å². The number of amides is 1. The van der Waals surface area contributed by atoms with Gasteiger partial charge in [0.25, 0.3) is 0 Å². The number of aliphatic hydroxyl groups is 1. The first kappa shape index (κ1) is 10.2. The second-order valence-corrected chi connectivity index (χ2v) is 4.05. The average Bonchev–Trinajstić information content (AvgIpc) is 2.88. The Kier molecular flexibility index (Phi) is 2.73. The first-order valence-corrected chi connectivity index (χ1v) is 5.17. The summed E-state index contributed by atoms with van der Waals surface area (Å²) < 4.78 is 1.38. The van der Waals surface area contributed by atoms with Gasteiger partial charge in [0.2, 0.25) is 0 Å². The summed E-state index contributed by atoms with van der Waals surface area (Å²) in [6.07, 6.45) is 8.42. The SMILES string of the molecule is O=C(NC1(CO)CCCC1)n1ccnc1. The van der Waals surface area contributed by atoms with Crippen LogP contribution in [0, 0.1) is 0 Å². The number of imidazole rings is 1. The van der Waals surface area contributed by atoms with E-state index in [2.05, 4.69) is 10.3 Å². The molecular weight excluding hydrogens is 194 g/mol. The van der Waals surface area contributed by atoms with Crippen molar-refractivity contribution in [3.05, 3.63) is 18.7 Å². The molecule has 1 amide bonds.